The van der Waals surface area contributed by atoms with Gasteiger partial charge in [-0.15, -0.1) is 0 Å². The van der Waals surface area contributed by atoms with E-state index in [1.807, 2.05) is 0 Å². The average molecular weight is 531 g/mol. The van der Waals surface area contributed by atoms with Crippen LogP contribution in [0.2, 0.25) is 0 Å². The van der Waals surface area contributed by atoms with E-state index in [2.05, 4.69) is 15.4 Å². The number of rotatable bonds is 14. The first kappa shape index (κ1) is 29.5. The molecule has 2 rings (SSSR count). The maximum absolute atomic E-state index is 13.1. The Kier molecular flexibility index (Phi) is 10.8. The molecule has 3 atom stereocenters. The summed E-state index contributed by atoms with van der Waals surface area (Å²) in [6.45, 7) is 3.60. The molecule has 0 heterocycles. The van der Waals surface area contributed by atoms with Crippen molar-refractivity contribution < 1.29 is 22.8 Å². The summed E-state index contributed by atoms with van der Waals surface area (Å²) < 4.78 is 28.0. The zero-order chi connectivity index (χ0) is 27.6. The van der Waals surface area contributed by atoms with E-state index in [4.69, 9.17) is 16.9 Å². The normalized spacial score (nSPS) is 13.7. The molecule has 8 N–H and O–H groups in total. The summed E-state index contributed by atoms with van der Waals surface area (Å²) in [5.41, 5.74) is 12.5. The maximum atomic E-state index is 13.1. The Morgan fingerprint density at radius 1 is 0.946 bits per heavy atom. The highest BCUT2D eigenvalue weighted by atomic mass is 32.2. The highest BCUT2D eigenvalue weighted by Crippen LogP contribution is 2.13. The Labute approximate surface area is 216 Å². The van der Waals surface area contributed by atoms with Gasteiger partial charge < -0.3 is 22.1 Å². The monoisotopic (exact) mass is 530 g/mol. The summed E-state index contributed by atoms with van der Waals surface area (Å²) in [7, 11) is -3.90. The predicted octanol–water partition coefficient (Wildman–Crippen LogP) is 0.481. The lowest BCUT2D eigenvalue weighted by atomic mass is 9.99. The molecule has 12 heteroatoms. The fourth-order valence-corrected chi connectivity index (χ4v) is 4.92. The van der Waals surface area contributed by atoms with Crippen molar-refractivity contribution in [3.8, 4) is 0 Å². The van der Waals surface area contributed by atoms with Crippen molar-refractivity contribution in [2.45, 2.75) is 51.1 Å². The number of benzene rings is 2. The molecular formula is C25H34N6O5S. The van der Waals surface area contributed by atoms with Crippen LogP contribution >= 0.6 is 0 Å². The molecule has 200 valence electrons. The lowest BCUT2D eigenvalue weighted by molar-refractivity contribution is -0.132. The zero-order valence-corrected chi connectivity index (χ0v) is 21.7. The van der Waals surface area contributed by atoms with Crippen LogP contribution in [-0.4, -0.2) is 44.1 Å². The second-order valence-electron chi connectivity index (χ2n) is 8.79. The lowest BCUT2D eigenvalue weighted by Crippen LogP contribution is -2.56. The molecule has 2 aromatic carbocycles. The second-order valence-corrected chi connectivity index (χ2v) is 10.5. The van der Waals surface area contributed by atoms with Crippen LogP contribution in [0.15, 0.2) is 54.6 Å². The topological polar surface area (TPSA) is 197 Å². The van der Waals surface area contributed by atoms with Crippen molar-refractivity contribution in [1.29, 1.82) is 5.41 Å². The van der Waals surface area contributed by atoms with E-state index in [0.29, 0.717) is 23.1 Å². The van der Waals surface area contributed by atoms with Gasteiger partial charge in [-0.05, 0) is 17.0 Å². The standard InChI is InChI=1S/C25H34N6O5S/c1-3-16(2)22(31-37(35,36)15-18-7-5-4-6-8-18)25(34)30-20(13-21(26)32)24(33)29-14-17-9-11-19(12-10-17)23(27)28/h4-12,16,20,22,31H,3,13-15H2,1-2H3,(H2,26,32)(H3,27,28)(H,29,33)(H,30,34)/t16?,20-,22+/m0/s1. The van der Waals surface area contributed by atoms with Gasteiger partial charge in [-0.1, -0.05) is 74.9 Å². The summed E-state index contributed by atoms with van der Waals surface area (Å²) in [6, 6.07) is 12.7. The van der Waals surface area contributed by atoms with Crippen LogP contribution in [-0.2, 0) is 36.7 Å². The molecule has 0 radical (unpaired) electrons. The number of nitrogen functional groups attached to an aromatic ring is 1. The van der Waals surface area contributed by atoms with Crippen molar-refractivity contribution in [2.24, 2.45) is 17.4 Å². The van der Waals surface area contributed by atoms with Gasteiger partial charge in [0.2, 0.25) is 27.7 Å². The van der Waals surface area contributed by atoms with E-state index in [9.17, 15) is 22.8 Å². The van der Waals surface area contributed by atoms with E-state index >= 15 is 0 Å². The number of amides is 3. The lowest BCUT2D eigenvalue weighted by Gasteiger charge is -2.26. The van der Waals surface area contributed by atoms with Gasteiger partial charge in [0, 0.05) is 12.1 Å². The third-order valence-electron chi connectivity index (χ3n) is 5.77. The molecule has 0 saturated carbocycles. The largest absolute Gasteiger partial charge is 0.384 e. The minimum absolute atomic E-state index is 0.0840. The molecule has 0 bridgehead atoms. The van der Waals surface area contributed by atoms with Gasteiger partial charge in [0.05, 0.1) is 12.2 Å². The van der Waals surface area contributed by atoms with Gasteiger partial charge in [-0.2, -0.15) is 0 Å². The first-order chi connectivity index (χ1) is 17.4. The molecular weight excluding hydrogens is 496 g/mol. The van der Waals surface area contributed by atoms with Crippen LogP contribution in [0.3, 0.4) is 0 Å². The molecule has 0 saturated heterocycles. The van der Waals surface area contributed by atoms with Crippen LogP contribution < -0.4 is 26.8 Å². The van der Waals surface area contributed by atoms with Gasteiger partial charge in [-0.25, -0.2) is 13.1 Å². The number of nitrogens with one attached hydrogen (secondary N) is 4. The molecule has 0 aliphatic carbocycles. The Morgan fingerprint density at radius 2 is 1.57 bits per heavy atom. The number of primary amides is 1. The summed E-state index contributed by atoms with van der Waals surface area (Å²) >= 11 is 0. The molecule has 0 aliphatic heterocycles. The van der Waals surface area contributed by atoms with Gasteiger partial charge in [0.1, 0.15) is 17.9 Å². The van der Waals surface area contributed by atoms with Gasteiger partial charge in [-0.3, -0.25) is 19.8 Å². The summed E-state index contributed by atoms with van der Waals surface area (Å²) in [6.07, 6.45) is 0.0136. The van der Waals surface area contributed by atoms with E-state index in [1.54, 1.807) is 68.4 Å². The molecule has 11 nitrogen and oxygen atoms in total. The van der Waals surface area contributed by atoms with E-state index in [0.717, 1.165) is 0 Å². The summed E-state index contributed by atoms with van der Waals surface area (Å²) in [4.78, 5) is 37.6. The molecule has 1 unspecified atom stereocenters. The van der Waals surface area contributed by atoms with Crippen LogP contribution in [0.5, 0.6) is 0 Å². The fraction of sp³-hybridized carbons (Fsp3) is 0.360. The van der Waals surface area contributed by atoms with Gasteiger partial charge in [0.15, 0.2) is 0 Å². The quantitative estimate of drug-likeness (QED) is 0.152. The third kappa shape index (κ3) is 9.66. The number of hydrogen-bond donors (Lipinski definition) is 6. The molecule has 2 aromatic rings. The van der Waals surface area contributed by atoms with Crippen molar-refractivity contribution in [3.63, 3.8) is 0 Å². The molecule has 0 spiro atoms. The van der Waals surface area contributed by atoms with E-state index in [1.165, 1.54) is 0 Å². The number of nitrogens with two attached hydrogens (primary N) is 2. The van der Waals surface area contributed by atoms with Crippen molar-refractivity contribution >= 4 is 33.6 Å². The van der Waals surface area contributed by atoms with Crippen LogP contribution in [0.4, 0.5) is 0 Å². The highest BCUT2D eigenvalue weighted by molar-refractivity contribution is 7.88. The maximum Gasteiger partial charge on any atom is 0.243 e. The molecule has 3 amide bonds. The minimum Gasteiger partial charge on any atom is -0.384 e. The number of amidine groups is 1. The van der Waals surface area contributed by atoms with Crippen molar-refractivity contribution in [2.75, 3.05) is 0 Å². The molecule has 0 fully saturated rings. The molecule has 0 aromatic heterocycles. The first-order valence-corrected chi connectivity index (χ1v) is 13.4. The van der Waals surface area contributed by atoms with Crippen molar-refractivity contribution in [1.82, 2.24) is 15.4 Å². The number of sulfonamides is 1. The number of hydrogen-bond acceptors (Lipinski definition) is 6. The number of carbonyl (C=O) groups excluding carboxylic acids is 3. The predicted molar refractivity (Wildman–Crippen MR) is 140 cm³/mol. The Bertz CT molecular complexity index is 1200. The molecule has 37 heavy (non-hydrogen) atoms. The van der Waals surface area contributed by atoms with Crippen LogP contribution in [0.1, 0.15) is 43.4 Å². The zero-order valence-electron chi connectivity index (χ0n) is 20.9. The van der Waals surface area contributed by atoms with Gasteiger partial charge in [0.25, 0.3) is 0 Å². The average Bonchev–Trinajstić information content (AvgIpc) is 2.85. The first-order valence-electron chi connectivity index (χ1n) is 11.8. The van der Waals surface area contributed by atoms with Crippen LogP contribution in [0.25, 0.3) is 0 Å². The highest BCUT2D eigenvalue weighted by Gasteiger charge is 2.32. The Morgan fingerprint density at radius 3 is 2.11 bits per heavy atom. The van der Waals surface area contributed by atoms with Crippen LogP contribution in [0, 0.1) is 11.3 Å². The Hall–Kier alpha value is -3.77. The van der Waals surface area contributed by atoms with E-state index in [-0.39, 0.29) is 18.1 Å². The summed E-state index contributed by atoms with van der Waals surface area (Å²) in [5.74, 6) is -3.01. The van der Waals surface area contributed by atoms with Gasteiger partial charge >= 0.3 is 0 Å². The molecule has 0 aliphatic rings. The number of carbonyl (C=O) groups is 3. The Balaban J connectivity index is 2.12. The smallest absolute Gasteiger partial charge is 0.243 e. The fourth-order valence-electron chi connectivity index (χ4n) is 3.48. The van der Waals surface area contributed by atoms with Crippen molar-refractivity contribution in [3.05, 3.63) is 71.3 Å². The SMILES string of the molecule is CCC(C)[C@@H](NS(=O)(=O)Cc1ccccc1)C(=O)N[C@@H](CC(N)=O)C(=O)NCc1ccc(C(=N)N)cc1. The third-order valence-corrected chi connectivity index (χ3v) is 7.10. The minimum atomic E-state index is -3.90. The van der Waals surface area contributed by atoms with E-state index < -0.39 is 52.2 Å². The summed E-state index contributed by atoms with van der Waals surface area (Å²) in [5, 5.41) is 12.6. The second kappa shape index (κ2) is 13.5.